The lowest BCUT2D eigenvalue weighted by Crippen LogP contribution is -2.31. The zero-order chi connectivity index (χ0) is 18.1. The fourth-order valence-corrected chi connectivity index (χ4v) is 6.26. The third-order valence-corrected chi connectivity index (χ3v) is 8.04. The number of benzene rings is 1. The number of rotatable bonds is 4. The summed E-state index contributed by atoms with van der Waals surface area (Å²) < 4.78 is 27.1. The summed E-state index contributed by atoms with van der Waals surface area (Å²) in [5, 5.41) is 2.03. The van der Waals surface area contributed by atoms with Gasteiger partial charge in [0.25, 0.3) is 5.91 Å². The van der Waals surface area contributed by atoms with Gasteiger partial charge in [-0.3, -0.25) is 4.79 Å². The molecule has 26 heavy (non-hydrogen) atoms. The van der Waals surface area contributed by atoms with Crippen LogP contribution in [0.1, 0.15) is 47.0 Å². The molecule has 1 aromatic carbocycles. The van der Waals surface area contributed by atoms with E-state index in [-0.39, 0.29) is 16.8 Å². The van der Waals surface area contributed by atoms with Gasteiger partial charge in [0.05, 0.1) is 10.9 Å². The molecule has 0 spiro atoms. The zero-order valence-corrected chi connectivity index (χ0v) is 16.1. The lowest BCUT2D eigenvalue weighted by Gasteiger charge is -2.24. The monoisotopic (exact) mass is 390 g/mol. The van der Waals surface area contributed by atoms with Gasteiger partial charge in [0, 0.05) is 30.1 Å². The normalized spacial score (nSPS) is 21.4. The molecule has 0 bridgehead atoms. The average Bonchev–Trinajstić information content (AvgIpc) is 3.43. The summed E-state index contributed by atoms with van der Waals surface area (Å²) in [6.45, 7) is 1.84. The molecule has 4 rings (SSSR count). The van der Waals surface area contributed by atoms with Crippen molar-refractivity contribution in [3.8, 4) is 0 Å². The first-order chi connectivity index (χ1) is 12.6. The van der Waals surface area contributed by atoms with E-state index in [0.717, 1.165) is 25.7 Å². The minimum absolute atomic E-state index is 0.0839. The molecule has 2 fully saturated rings. The van der Waals surface area contributed by atoms with Crippen molar-refractivity contribution in [3.05, 3.63) is 52.2 Å². The van der Waals surface area contributed by atoms with Crippen LogP contribution in [0.4, 0.5) is 0 Å². The Morgan fingerprint density at radius 3 is 2.58 bits per heavy atom. The van der Waals surface area contributed by atoms with E-state index in [9.17, 15) is 13.2 Å². The third-order valence-electron chi connectivity index (χ3n) is 5.17. The van der Waals surface area contributed by atoms with E-state index in [1.165, 1.54) is 9.18 Å². The van der Waals surface area contributed by atoms with Crippen molar-refractivity contribution >= 4 is 27.3 Å². The fourth-order valence-electron chi connectivity index (χ4n) is 3.82. The number of amides is 1. The van der Waals surface area contributed by atoms with Crippen LogP contribution < -0.4 is 0 Å². The second kappa shape index (κ2) is 7.13. The molecule has 2 aliphatic rings. The quantitative estimate of drug-likeness (QED) is 0.803. The molecular formula is C19H22N2O3S2. The van der Waals surface area contributed by atoms with E-state index in [0.29, 0.717) is 25.2 Å². The molecule has 138 valence electrons. The Balaban J connectivity index is 1.61. The largest absolute Gasteiger partial charge is 0.331 e. The molecule has 3 heterocycles. The molecule has 2 aliphatic heterocycles. The first-order valence-corrected chi connectivity index (χ1v) is 11.3. The van der Waals surface area contributed by atoms with Gasteiger partial charge in [0.15, 0.2) is 0 Å². The molecule has 1 aromatic heterocycles. The first kappa shape index (κ1) is 17.7. The molecule has 0 radical (unpaired) electrons. The molecule has 0 N–H and O–H groups in total. The van der Waals surface area contributed by atoms with Crippen LogP contribution in [0, 0.1) is 0 Å². The smallest absolute Gasteiger partial charge is 0.254 e. The van der Waals surface area contributed by atoms with Crippen molar-refractivity contribution in [3.63, 3.8) is 0 Å². The Labute approximate surface area is 158 Å². The highest BCUT2D eigenvalue weighted by Crippen LogP contribution is 2.35. The highest BCUT2D eigenvalue weighted by Gasteiger charge is 2.32. The number of hydrogen-bond acceptors (Lipinski definition) is 4. The predicted molar refractivity (Wildman–Crippen MR) is 102 cm³/mol. The summed E-state index contributed by atoms with van der Waals surface area (Å²) >= 11 is 1.66. The summed E-state index contributed by atoms with van der Waals surface area (Å²) in [6.07, 6.45) is 3.72. The molecular weight excluding hydrogens is 368 g/mol. The number of thiophene rings is 1. The van der Waals surface area contributed by atoms with E-state index in [1.807, 2.05) is 16.3 Å². The van der Waals surface area contributed by atoms with Crippen LogP contribution in [0.3, 0.4) is 0 Å². The molecule has 7 heteroatoms. The Hall–Kier alpha value is -1.70. The average molecular weight is 391 g/mol. The van der Waals surface area contributed by atoms with Gasteiger partial charge in [-0.05, 0) is 55.3 Å². The first-order valence-electron chi connectivity index (χ1n) is 9.02. The van der Waals surface area contributed by atoms with Gasteiger partial charge in [0.2, 0.25) is 10.0 Å². The predicted octanol–water partition coefficient (Wildman–Crippen LogP) is 3.51. The number of carbonyl (C=O) groups excluding carboxylic acids is 1. The lowest BCUT2D eigenvalue weighted by atomic mass is 10.1. The van der Waals surface area contributed by atoms with Crippen molar-refractivity contribution in [1.82, 2.24) is 9.21 Å². The van der Waals surface area contributed by atoms with E-state index in [1.54, 1.807) is 35.6 Å². The maximum Gasteiger partial charge on any atom is 0.254 e. The van der Waals surface area contributed by atoms with Crippen LogP contribution >= 0.6 is 11.3 Å². The molecule has 5 nitrogen and oxygen atoms in total. The summed E-state index contributed by atoms with van der Waals surface area (Å²) in [4.78, 5) is 16.4. The van der Waals surface area contributed by atoms with Crippen molar-refractivity contribution in [1.29, 1.82) is 0 Å². The number of sulfonamides is 1. The topological polar surface area (TPSA) is 57.7 Å². The van der Waals surface area contributed by atoms with E-state index in [4.69, 9.17) is 0 Å². The second-order valence-electron chi connectivity index (χ2n) is 6.81. The molecule has 2 saturated heterocycles. The van der Waals surface area contributed by atoms with E-state index < -0.39 is 10.0 Å². The van der Waals surface area contributed by atoms with Crippen molar-refractivity contribution in [2.24, 2.45) is 0 Å². The number of nitrogens with zero attached hydrogens (tertiary/aromatic N) is 2. The summed E-state index contributed by atoms with van der Waals surface area (Å²) in [5.41, 5.74) is 0.453. The minimum atomic E-state index is -3.51. The Bertz CT molecular complexity index is 887. The number of carbonyl (C=O) groups is 1. The molecule has 0 aliphatic carbocycles. The molecule has 1 unspecified atom stereocenters. The lowest BCUT2D eigenvalue weighted by molar-refractivity contribution is 0.0737. The van der Waals surface area contributed by atoms with Gasteiger partial charge in [-0.2, -0.15) is 4.31 Å². The van der Waals surface area contributed by atoms with Crippen LogP contribution in [0.2, 0.25) is 0 Å². The maximum atomic E-state index is 13.1. The van der Waals surface area contributed by atoms with Crippen molar-refractivity contribution < 1.29 is 13.2 Å². The standard InChI is InChI=1S/C19H22N2O3S2/c22-19(21-12-4-8-17(21)18-9-5-13-25-18)15-6-3-7-16(14-15)26(23,24)20-10-1-2-11-20/h3,5-7,9,13-14,17H,1-2,4,8,10-12H2. The van der Waals surface area contributed by atoms with Crippen LogP contribution in [-0.2, 0) is 10.0 Å². The zero-order valence-electron chi connectivity index (χ0n) is 14.5. The van der Waals surface area contributed by atoms with Crippen molar-refractivity contribution in [2.75, 3.05) is 19.6 Å². The van der Waals surface area contributed by atoms with Gasteiger partial charge in [-0.25, -0.2) is 8.42 Å². The van der Waals surface area contributed by atoms with E-state index in [2.05, 4.69) is 6.07 Å². The minimum Gasteiger partial charge on any atom is -0.331 e. The highest BCUT2D eigenvalue weighted by atomic mass is 32.2. The molecule has 2 aromatic rings. The highest BCUT2D eigenvalue weighted by molar-refractivity contribution is 7.89. The Morgan fingerprint density at radius 1 is 1.04 bits per heavy atom. The van der Waals surface area contributed by atoms with Gasteiger partial charge in [-0.15, -0.1) is 11.3 Å². The summed E-state index contributed by atoms with van der Waals surface area (Å²) in [7, 11) is -3.51. The Morgan fingerprint density at radius 2 is 1.85 bits per heavy atom. The second-order valence-corrected chi connectivity index (χ2v) is 9.73. The SMILES string of the molecule is O=C(c1cccc(S(=O)(=O)N2CCCC2)c1)N1CCCC1c1cccs1. The third kappa shape index (κ3) is 3.19. The van der Waals surface area contributed by atoms with E-state index >= 15 is 0 Å². The van der Waals surface area contributed by atoms with Gasteiger partial charge in [0.1, 0.15) is 0 Å². The summed E-state index contributed by atoms with van der Waals surface area (Å²) in [6, 6.07) is 10.7. The van der Waals surface area contributed by atoms with Crippen molar-refractivity contribution in [2.45, 2.75) is 36.6 Å². The summed E-state index contributed by atoms with van der Waals surface area (Å²) in [5.74, 6) is -0.0839. The van der Waals surface area contributed by atoms with Gasteiger partial charge < -0.3 is 4.90 Å². The maximum absolute atomic E-state index is 13.1. The Kier molecular flexibility index (Phi) is 4.86. The van der Waals surface area contributed by atoms with Gasteiger partial charge >= 0.3 is 0 Å². The molecule has 1 atom stereocenters. The molecule has 1 amide bonds. The number of hydrogen-bond donors (Lipinski definition) is 0. The van der Waals surface area contributed by atoms with Crippen LogP contribution in [0.15, 0.2) is 46.7 Å². The van der Waals surface area contributed by atoms with Gasteiger partial charge in [-0.1, -0.05) is 12.1 Å². The van der Waals surface area contributed by atoms with Crippen LogP contribution in [0.5, 0.6) is 0 Å². The fraction of sp³-hybridized carbons (Fsp3) is 0.421. The molecule has 0 saturated carbocycles. The van der Waals surface area contributed by atoms with Crippen LogP contribution in [-0.4, -0.2) is 43.2 Å². The van der Waals surface area contributed by atoms with Crippen LogP contribution in [0.25, 0.3) is 0 Å². The number of likely N-dealkylation sites (tertiary alicyclic amines) is 1.